The van der Waals surface area contributed by atoms with Gasteiger partial charge in [-0.2, -0.15) is 8.42 Å². The molecule has 1 N–H and O–H groups in total. The molecule has 4 rings (SSSR count). The largest absolute Gasteiger partial charge is 0.490 e. The topological polar surface area (TPSA) is 119 Å². The fraction of sp³-hybridized carbons (Fsp3) is 0.0800. The number of rotatable bonds is 7. The zero-order valence-corrected chi connectivity index (χ0v) is 22.8. The molecule has 3 aromatic rings. The second kappa shape index (κ2) is 10.9. The molecule has 37 heavy (non-hydrogen) atoms. The summed E-state index contributed by atoms with van der Waals surface area (Å²) in [5.74, 6) is -1.64. The van der Waals surface area contributed by atoms with Crippen LogP contribution in [-0.2, 0) is 19.7 Å². The molecule has 4 amide bonds. The van der Waals surface area contributed by atoms with Gasteiger partial charge in [-0.3, -0.25) is 14.9 Å². The van der Waals surface area contributed by atoms with Crippen molar-refractivity contribution in [3.05, 3.63) is 86.5 Å². The minimum atomic E-state index is -4.22. The molecule has 0 spiro atoms. The standard InChI is InChI=1S/C25H18ClIN2O7S/c1-2-35-21-14-15(13-20(27)22(21)36-37(33,34)18-10-8-16(26)9-11-18)12-19-23(30)28-25(32)29(24(19)31)17-6-4-3-5-7-17/h3-14H,2H2,1H3,(H,28,30,32)/b19-12+. The molecule has 1 aliphatic heterocycles. The third-order valence-electron chi connectivity index (χ3n) is 5.05. The first kappa shape index (κ1) is 26.6. The van der Waals surface area contributed by atoms with Crippen LogP contribution in [0.25, 0.3) is 6.08 Å². The average molecular weight is 653 g/mol. The van der Waals surface area contributed by atoms with Gasteiger partial charge in [0.05, 0.1) is 15.9 Å². The Morgan fingerprint density at radius 3 is 2.35 bits per heavy atom. The summed E-state index contributed by atoms with van der Waals surface area (Å²) in [6.07, 6.45) is 1.29. The van der Waals surface area contributed by atoms with E-state index >= 15 is 0 Å². The Bertz CT molecular complexity index is 1520. The average Bonchev–Trinajstić information content (AvgIpc) is 2.85. The molecule has 0 bridgehead atoms. The van der Waals surface area contributed by atoms with Gasteiger partial charge < -0.3 is 8.92 Å². The molecule has 12 heteroatoms. The smallest absolute Gasteiger partial charge is 0.339 e. The SMILES string of the molecule is CCOc1cc(/C=C2\C(=O)NC(=O)N(c3ccccc3)C2=O)cc(I)c1OS(=O)(=O)c1ccc(Cl)cc1. The van der Waals surface area contributed by atoms with Crippen molar-refractivity contribution in [3.63, 3.8) is 0 Å². The van der Waals surface area contributed by atoms with Crippen molar-refractivity contribution in [2.24, 2.45) is 0 Å². The van der Waals surface area contributed by atoms with Crippen LogP contribution in [0.15, 0.2) is 77.2 Å². The Balaban J connectivity index is 1.72. The van der Waals surface area contributed by atoms with E-state index in [2.05, 4.69) is 5.32 Å². The number of amides is 4. The number of anilines is 1. The number of nitrogens with zero attached hydrogens (tertiary/aromatic N) is 1. The first-order valence-electron chi connectivity index (χ1n) is 10.7. The van der Waals surface area contributed by atoms with E-state index in [1.54, 1.807) is 37.3 Å². The molecule has 0 unspecified atom stereocenters. The van der Waals surface area contributed by atoms with Gasteiger partial charge in [-0.1, -0.05) is 29.8 Å². The first-order chi connectivity index (χ1) is 17.6. The van der Waals surface area contributed by atoms with Gasteiger partial charge in [-0.15, -0.1) is 0 Å². The third-order valence-corrected chi connectivity index (χ3v) is 7.34. The number of nitrogens with one attached hydrogen (secondary N) is 1. The quantitative estimate of drug-likeness (QED) is 0.169. The number of barbiturate groups is 1. The van der Waals surface area contributed by atoms with Crippen LogP contribution < -0.4 is 19.1 Å². The van der Waals surface area contributed by atoms with Crippen molar-refractivity contribution in [2.75, 3.05) is 11.5 Å². The lowest BCUT2D eigenvalue weighted by Crippen LogP contribution is -2.54. The molecule has 0 aromatic heterocycles. The van der Waals surface area contributed by atoms with Gasteiger partial charge in [-0.05, 0) is 89.7 Å². The predicted octanol–water partition coefficient (Wildman–Crippen LogP) is 4.78. The maximum Gasteiger partial charge on any atom is 0.339 e. The highest BCUT2D eigenvalue weighted by molar-refractivity contribution is 14.1. The lowest BCUT2D eigenvalue weighted by Gasteiger charge is -2.26. The number of imide groups is 2. The van der Waals surface area contributed by atoms with Crippen LogP contribution >= 0.6 is 34.2 Å². The number of halogens is 2. The summed E-state index contributed by atoms with van der Waals surface area (Å²) in [7, 11) is -4.22. The minimum Gasteiger partial charge on any atom is -0.490 e. The van der Waals surface area contributed by atoms with E-state index < -0.39 is 28.0 Å². The van der Waals surface area contributed by atoms with Gasteiger partial charge in [0.15, 0.2) is 11.5 Å². The number of carbonyl (C=O) groups is 3. The Labute approximate surface area is 231 Å². The predicted molar refractivity (Wildman–Crippen MR) is 145 cm³/mol. The van der Waals surface area contributed by atoms with E-state index in [-0.39, 0.29) is 28.6 Å². The maximum atomic E-state index is 13.1. The molecule has 9 nitrogen and oxygen atoms in total. The van der Waals surface area contributed by atoms with Crippen molar-refractivity contribution in [2.45, 2.75) is 11.8 Å². The summed E-state index contributed by atoms with van der Waals surface area (Å²) in [5.41, 5.74) is 0.359. The van der Waals surface area contributed by atoms with E-state index in [0.29, 0.717) is 19.8 Å². The fourth-order valence-corrected chi connectivity index (χ4v) is 5.38. The van der Waals surface area contributed by atoms with Gasteiger partial charge in [0.2, 0.25) is 0 Å². The normalized spacial score (nSPS) is 15.1. The number of carbonyl (C=O) groups excluding carboxylic acids is 3. The first-order valence-corrected chi connectivity index (χ1v) is 13.6. The van der Waals surface area contributed by atoms with E-state index in [1.807, 2.05) is 22.6 Å². The van der Waals surface area contributed by atoms with E-state index in [0.717, 1.165) is 4.90 Å². The molecule has 190 valence electrons. The monoisotopic (exact) mass is 652 g/mol. The van der Waals surface area contributed by atoms with Gasteiger partial charge in [0.1, 0.15) is 10.5 Å². The van der Waals surface area contributed by atoms with E-state index in [1.165, 1.54) is 42.5 Å². The second-order valence-electron chi connectivity index (χ2n) is 7.55. The molecule has 0 radical (unpaired) electrons. The number of benzene rings is 3. The molecule has 3 aromatic carbocycles. The van der Waals surface area contributed by atoms with Crippen molar-refractivity contribution in [3.8, 4) is 11.5 Å². The summed E-state index contributed by atoms with van der Waals surface area (Å²) < 4.78 is 37.0. The highest BCUT2D eigenvalue weighted by Crippen LogP contribution is 2.37. The highest BCUT2D eigenvalue weighted by Gasteiger charge is 2.36. The van der Waals surface area contributed by atoms with E-state index in [9.17, 15) is 22.8 Å². The summed E-state index contributed by atoms with van der Waals surface area (Å²) in [6, 6.07) is 15.8. The van der Waals surface area contributed by atoms with Crippen molar-refractivity contribution >= 4 is 73.9 Å². The van der Waals surface area contributed by atoms with Crippen molar-refractivity contribution in [1.82, 2.24) is 5.32 Å². The lowest BCUT2D eigenvalue weighted by molar-refractivity contribution is -0.122. The van der Waals surface area contributed by atoms with Gasteiger partial charge in [-0.25, -0.2) is 9.69 Å². The van der Waals surface area contributed by atoms with Crippen LogP contribution in [0.1, 0.15) is 12.5 Å². The number of urea groups is 1. The number of hydrogen-bond donors (Lipinski definition) is 1. The lowest BCUT2D eigenvalue weighted by atomic mass is 10.1. The third kappa shape index (κ3) is 5.78. The molecule has 0 aliphatic carbocycles. The molecular formula is C25H18ClIN2O7S. The summed E-state index contributed by atoms with van der Waals surface area (Å²) in [4.78, 5) is 38.8. The summed E-state index contributed by atoms with van der Waals surface area (Å²) in [5, 5.41) is 2.53. The minimum absolute atomic E-state index is 0.0555. The zero-order chi connectivity index (χ0) is 26.7. The van der Waals surface area contributed by atoms with Gasteiger partial charge in [0.25, 0.3) is 11.8 Å². The molecule has 1 aliphatic rings. The Kier molecular flexibility index (Phi) is 7.85. The molecule has 0 saturated carbocycles. The number of hydrogen-bond acceptors (Lipinski definition) is 7. The van der Waals surface area contributed by atoms with E-state index in [4.69, 9.17) is 20.5 Å². The van der Waals surface area contributed by atoms with Crippen LogP contribution in [0.3, 0.4) is 0 Å². The van der Waals surface area contributed by atoms with Crippen molar-refractivity contribution < 1.29 is 31.7 Å². The number of para-hydroxylation sites is 1. The second-order valence-corrected chi connectivity index (χ2v) is 10.7. The van der Waals surface area contributed by atoms with Crippen LogP contribution in [0.2, 0.25) is 5.02 Å². The summed E-state index contributed by atoms with van der Waals surface area (Å²) in [6.45, 7) is 1.89. The van der Waals surface area contributed by atoms with Gasteiger partial charge in [0, 0.05) is 5.02 Å². The Hall–Kier alpha value is -3.42. The molecule has 1 fully saturated rings. The summed E-state index contributed by atoms with van der Waals surface area (Å²) >= 11 is 7.71. The molecule has 1 saturated heterocycles. The zero-order valence-electron chi connectivity index (χ0n) is 19.1. The Morgan fingerprint density at radius 2 is 1.70 bits per heavy atom. The van der Waals surface area contributed by atoms with Crippen LogP contribution in [0, 0.1) is 3.57 Å². The van der Waals surface area contributed by atoms with Crippen LogP contribution in [-0.4, -0.2) is 32.9 Å². The number of ether oxygens (including phenoxy) is 1. The molecule has 0 atom stereocenters. The van der Waals surface area contributed by atoms with Crippen LogP contribution in [0.4, 0.5) is 10.5 Å². The van der Waals surface area contributed by atoms with Gasteiger partial charge >= 0.3 is 16.1 Å². The molecule has 1 heterocycles. The molecular weight excluding hydrogens is 635 g/mol. The Morgan fingerprint density at radius 1 is 1.03 bits per heavy atom. The van der Waals surface area contributed by atoms with Crippen LogP contribution in [0.5, 0.6) is 11.5 Å². The maximum absolute atomic E-state index is 13.1. The van der Waals surface area contributed by atoms with Crippen molar-refractivity contribution in [1.29, 1.82) is 0 Å². The highest BCUT2D eigenvalue weighted by atomic mass is 127. The fourth-order valence-electron chi connectivity index (χ4n) is 3.41.